The first kappa shape index (κ1) is 22.5. The van der Waals surface area contributed by atoms with E-state index in [1.165, 1.54) is 24.3 Å². The zero-order valence-electron chi connectivity index (χ0n) is 17.4. The molecule has 6 nitrogen and oxygen atoms in total. The van der Waals surface area contributed by atoms with Gasteiger partial charge in [-0.25, -0.2) is 9.37 Å². The number of hydrogen-bond donors (Lipinski definition) is 2. The summed E-state index contributed by atoms with van der Waals surface area (Å²) in [5.74, 6) is 0.323. The highest BCUT2D eigenvalue weighted by Gasteiger charge is 2.34. The minimum Gasteiger partial charge on any atom is -0.404 e. The molecular weight excluding hydrogens is 497 g/mol. The highest BCUT2D eigenvalue weighted by Crippen LogP contribution is 2.46. The number of halogens is 3. The number of fused-ring (bicyclic) bond motifs is 1. The van der Waals surface area contributed by atoms with Crippen molar-refractivity contribution < 1.29 is 9.18 Å². The van der Waals surface area contributed by atoms with Crippen molar-refractivity contribution in [1.29, 1.82) is 0 Å². The van der Waals surface area contributed by atoms with Crippen molar-refractivity contribution in [3.8, 4) is 0 Å². The number of aliphatic imine (C=N–C) groups is 1. The van der Waals surface area contributed by atoms with E-state index in [9.17, 15) is 9.18 Å². The molecule has 1 aliphatic carbocycles. The molecule has 9 heteroatoms. The first-order valence-electron chi connectivity index (χ1n) is 10.2. The van der Waals surface area contributed by atoms with E-state index in [2.05, 4.69) is 50.4 Å². The molecule has 0 bridgehead atoms. The summed E-state index contributed by atoms with van der Waals surface area (Å²) in [7, 11) is 0. The van der Waals surface area contributed by atoms with E-state index in [0.717, 1.165) is 23.5 Å². The number of pyridine rings is 1. The second kappa shape index (κ2) is 9.42. The van der Waals surface area contributed by atoms with E-state index in [0.29, 0.717) is 16.9 Å². The standard InChI is InChI=1S/C23H22BrClFN5O/c1-13-6-17(13)14-2-5-21-30-16(12-31(21)11-14)9-28-8-15(7-27)23(32)29-10-18-19(24)3-4-20(25)22(18)26/h2-5,7-8,11-13,17H,6,9-10,27H2,1H3,(H,29,32). The van der Waals surface area contributed by atoms with Gasteiger partial charge in [-0.05, 0) is 42.0 Å². The second-order valence-electron chi connectivity index (χ2n) is 7.88. The maximum absolute atomic E-state index is 14.2. The number of aromatic nitrogens is 2. The highest BCUT2D eigenvalue weighted by molar-refractivity contribution is 9.10. The lowest BCUT2D eigenvalue weighted by atomic mass is 10.1. The van der Waals surface area contributed by atoms with Gasteiger partial charge >= 0.3 is 0 Å². The average molecular weight is 519 g/mol. The lowest BCUT2D eigenvalue weighted by Gasteiger charge is -2.09. The smallest absolute Gasteiger partial charge is 0.254 e. The van der Waals surface area contributed by atoms with Gasteiger partial charge in [-0.3, -0.25) is 9.79 Å². The molecule has 32 heavy (non-hydrogen) atoms. The van der Waals surface area contributed by atoms with Crippen LogP contribution in [0.1, 0.15) is 36.1 Å². The zero-order chi connectivity index (χ0) is 22.8. The van der Waals surface area contributed by atoms with Gasteiger partial charge in [0.1, 0.15) is 11.5 Å². The van der Waals surface area contributed by atoms with E-state index < -0.39 is 11.7 Å². The number of nitrogens with one attached hydrogen (secondary N) is 1. The van der Waals surface area contributed by atoms with Gasteiger partial charge in [0.15, 0.2) is 0 Å². The van der Waals surface area contributed by atoms with Crippen LogP contribution in [-0.4, -0.2) is 21.5 Å². The second-order valence-corrected chi connectivity index (χ2v) is 9.14. The fourth-order valence-electron chi connectivity index (χ4n) is 3.56. The quantitative estimate of drug-likeness (QED) is 0.269. The molecule has 1 saturated carbocycles. The molecule has 1 fully saturated rings. The predicted molar refractivity (Wildman–Crippen MR) is 127 cm³/mol. The molecule has 1 aromatic carbocycles. The van der Waals surface area contributed by atoms with Crippen molar-refractivity contribution in [3.05, 3.63) is 80.6 Å². The summed E-state index contributed by atoms with van der Waals surface area (Å²) in [5, 5.41) is 2.61. The Balaban J connectivity index is 1.38. The number of carbonyl (C=O) groups is 1. The summed E-state index contributed by atoms with van der Waals surface area (Å²) >= 11 is 9.07. The summed E-state index contributed by atoms with van der Waals surface area (Å²) in [6, 6.07) is 7.21. The number of carbonyl (C=O) groups excluding carboxylic acids is 1. The maximum Gasteiger partial charge on any atom is 0.254 e. The molecule has 4 rings (SSSR count). The number of hydrogen-bond acceptors (Lipinski definition) is 4. The number of benzene rings is 1. The Morgan fingerprint density at radius 3 is 2.91 bits per heavy atom. The Morgan fingerprint density at radius 2 is 2.19 bits per heavy atom. The number of imidazole rings is 1. The third-order valence-corrected chi connectivity index (χ3v) is 6.59. The maximum atomic E-state index is 14.2. The predicted octanol–water partition coefficient (Wildman–Crippen LogP) is 4.74. The zero-order valence-corrected chi connectivity index (χ0v) is 19.7. The molecule has 2 atom stereocenters. The van der Waals surface area contributed by atoms with E-state index in [1.807, 2.05) is 16.7 Å². The molecule has 0 spiro atoms. The van der Waals surface area contributed by atoms with Crippen LogP contribution in [0.3, 0.4) is 0 Å². The summed E-state index contributed by atoms with van der Waals surface area (Å²) in [5.41, 5.74) is 8.97. The van der Waals surface area contributed by atoms with Crippen LogP contribution in [0.25, 0.3) is 5.65 Å². The van der Waals surface area contributed by atoms with Crippen LogP contribution in [0.5, 0.6) is 0 Å². The molecule has 0 aliphatic heterocycles. The van der Waals surface area contributed by atoms with Gasteiger partial charge in [0.05, 0.1) is 22.8 Å². The van der Waals surface area contributed by atoms with Crippen molar-refractivity contribution in [3.63, 3.8) is 0 Å². The Kier molecular flexibility index (Phi) is 6.62. The van der Waals surface area contributed by atoms with E-state index in [1.54, 1.807) is 6.07 Å². The molecule has 166 valence electrons. The van der Waals surface area contributed by atoms with Crippen LogP contribution in [0.15, 0.2) is 57.9 Å². The van der Waals surface area contributed by atoms with Gasteiger partial charge in [0.2, 0.25) is 0 Å². The van der Waals surface area contributed by atoms with Crippen molar-refractivity contribution in [2.45, 2.75) is 32.4 Å². The Labute approximate surface area is 198 Å². The van der Waals surface area contributed by atoms with Crippen LogP contribution in [0, 0.1) is 11.7 Å². The van der Waals surface area contributed by atoms with Gasteiger partial charge in [-0.15, -0.1) is 0 Å². The fourth-order valence-corrected chi connectivity index (χ4v) is 4.18. The van der Waals surface area contributed by atoms with Gasteiger partial charge in [0, 0.05) is 41.4 Å². The molecule has 2 unspecified atom stereocenters. The monoisotopic (exact) mass is 517 g/mol. The van der Waals surface area contributed by atoms with Crippen LogP contribution >= 0.6 is 27.5 Å². The molecule has 0 radical (unpaired) electrons. The van der Waals surface area contributed by atoms with Crippen LogP contribution in [0.4, 0.5) is 4.39 Å². The number of rotatable bonds is 7. The van der Waals surface area contributed by atoms with E-state index in [-0.39, 0.29) is 22.7 Å². The summed E-state index contributed by atoms with van der Waals surface area (Å²) in [6.07, 6.45) is 7.84. The van der Waals surface area contributed by atoms with Crippen molar-refractivity contribution >= 4 is 45.3 Å². The SMILES string of the molecule is CC1CC1c1ccc2nc(CN=CC(=CN)C(=O)NCc3c(Br)ccc(Cl)c3F)cn2c1. The van der Waals surface area contributed by atoms with Crippen molar-refractivity contribution in [1.82, 2.24) is 14.7 Å². The third-order valence-electron chi connectivity index (χ3n) is 5.55. The van der Waals surface area contributed by atoms with Gasteiger partial charge < -0.3 is 15.5 Å². The third kappa shape index (κ3) is 4.86. The topological polar surface area (TPSA) is 84.8 Å². The number of nitrogens with two attached hydrogens (primary N) is 1. The van der Waals surface area contributed by atoms with Gasteiger partial charge in [0.25, 0.3) is 5.91 Å². The molecule has 1 amide bonds. The lowest BCUT2D eigenvalue weighted by Crippen LogP contribution is -2.26. The van der Waals surface area contributed by atoms with Crippen molar-refractivity contribution in [2.75, 3.05) is 0 Å². The van der Waals surface area contributed by atoms with E-state index >= 15 is 0 Å². The number of nitrogens with zero attached hydrogens (tertiary/aromatic N) is 3. The first-order chi connectivity index (χ1) is 15.4. The average Bonchev–Trinajstić information content (AvgIpc) is 3.37. The largest absolute Gasteiger partial charge is 0.404 e. The first-order valence-corrected chi connectivity index (χ1v) is 11.3. The Morgan fingerprint density at radius 1 is 1.41 bits per heavy atom. The van der Waals surface area contributed by atoms with Crippen LogP contribution in [0.2, 0.25) is 5.02 Å². The van der Waals surface area contributed by atoms with Gasteiger partial charge in [-0.2, -0.15) is 0 Å². The fraction of sp³-hybridized carbons (Fsp3) is 0.261. The number of amides is 1. The Hall–Kier alpha value is -2.71. The van der Waals surface area contributed by atoms with Crippen LogP contribution < -0.4 is 11.1 Å². The summed E-state index contributed by atoms with van der Waals surface area (Å²) in [4.78, 5) is 21.3. The molecular formula is C23H22BrClFN5O. The van der Waals surface area contributed by atoms with E-state index in [4.69, 9.17) is 17.3 Å². The normalized spacial score (nSPS) is 18.4. The van der Waals surface area contributed by atoms with Crippen molar-refractivity contribution in [2.24, 2.45) is 16.6 Å². The molecule has 3 aromatic rings. The molecule has 2 aromatic heterocycles. The summed E-state index contributed by atoms with van der Waals surface area (Å²) < 4.78 is 16.7. The lowest BCUT2D eigenvalue weighted by molar-refractivity contribution is -0.117. The molecule has 0 saturated heterocycles. The molecule has 2 heterocycles. The Bertz CT molecular complexity index is 1240. The minimum atomic E-state index is -0.584. The highest BCUT2D eigenvalue weighted by atomic mass is 79.9. The minimum absolute atomic E-state index is 0.0141. The summed E-state index contributed by atoms with van der Waals surface area (Å²) in [6.45, 7) is 2.51. The molecule has 3 N–H and O–H groups in total. The molecule has 1 aliphatic rings. The van der Waals surface area contributed by atoms with Gasteiger partial charge in [-0.1, -0.05) is 40.5 Å². The van der Waals surface area contributed by atoms with Crippen LogP contribution in [-0.2, 0) is 17.9 Å².